The molecule has 3 atom stereocenters. The van der Waals surface area contributed by atoms with Gasteiger partial charge in [-0.3, -0.25) is 4.79 Å². The van der Waals surface area contributed by atoms with E-state index in [2.05, 4.69) is 33.4 Å². The van der Waals surface area contributed by atoms with E-state index in [4.69, 9.17) is 0 Å². The highest BCUT2D eigenvalue weighted by molar-refractivity contribution is 9.10. The minimum atomic E-state index is 0.184. The SMILES string of the molecule is O=C(Nc1ccc(Br)cc1)[C@@H]1[C@@H]2C=CCCCC[C@H]21. The lowest BCUT2D eigenvalue weighted by molar-refractivity contribution is -0.117. The monoisotopic (exact) mass is 319 g/mol. The smallest absolute Gasteiger partial charge is 0.228 e. The maximum absolute atomic E-state index is 12.3. The van der Waals surface area contributed by atoms with Crippen LogP contribution >= 0.6 is 15.9 Å². The van der Waals surface area contributed by atoms with Crippen molar-refractivity contribution >= 4 is 27.5 Å². The van der Waals surface area contributed by atoms with Gasteiger partial charge in [0.1, 0.15) is 0 Å². The molecule has 1 fully saturated rings. The fourth-order valence-corrected chi connectivity index (χ4v) is 3.32. The Bertz CT molecular complexity index is 494. The highest BCUT2D eigenvalue weighted by atomic mass is 79.9. The van der Waals surface area contributed by atoms with Crippen molar-refractivity contribution in [2.24, 2.45) is 17.8 Å². The van der Waals surface area contributed by atoms with Crippen molar-refractivity contribution in [3.8, 4) is 0 Å². The van der Waals surface area contributed by atoms with E-state index < -0.39 is 0 Å². The van der Waals surface area contributed by atoms with Crippen molar-refractivity contribution in [1.29, 1.82) is 0 Å². The Hall–Kier alpha value is -1.09. The molecule has 1 aromatic rings. The number of fused-ring (bicyclic) bond motifs is 1. The van der Waals surface area contributed by atoms with E-state index in [1.807, 2.05) is 24.3 Å². The van der Waals surface area contributed by atoms with Crippen LogP contribution in [0.4, 0.5) is 5.69 Å². The number of nitrogens with one attached hydrogen (secondary N) is 1. The van der Waals surface area contributed by atoms with Crippen LogP contribution in [0.2, 0.25) is 0 Å². The minimum absolute atomic E-state index is 0.184. The van der Waals surface area contributed by atoms with E-state index in [9.17, 15) is 4.79 Å². The molecule has 2 aliphatic rings. The molecule has 1 aromatic carbocycles. The molecule has 3 heteroatoms. The first-order chi connectivity index (χ1) is 9.25. The maximum atomic E-state index is 12.3. The zero-order valence-corrected chi connectivity index (χ0v) is 12.4. The Morgan fingerprint density at radius 1 is 1.21 bits per heavy atom. The van der Waals surface area contributed by atoms with E-state index in [-0.39, 0.29) is 11.8 Å². The second kappa shape index (κ2) is 5.49. The molecule has 0 aliphatic heterocycles. The van der Waals surface area contributed by atoms with Gasteiger partial charge in [-0.2, -0.15) is 0 Å². The van der Waals surface area contributed by atoms with Crippen LogP contribution in [0.5, 0.6) is 0 Å². The summed E-state index contributed by atoms with van der Waals surface area (Å²) < 4.78 is 1.03. The number of rotatable bonds is 2. The van der Waals surface area contributed by atoms with Gasteiger partial charge >= 0.3 is 0 Å². The summed E-state index contributed by atoms with van der Waals surface area (Å²) in [5.74, 6) is 1.43. The van der Waals surface area contributed by atoms with Gasteiger partial charge in [0, 0.05) is 16.1 Å². The van der Waals surface area contributed by atoms with Gasteiger partial charge in [0.15, 0.2) is 0 Å². The fourth-order valence-electron chi connectivity index (χ4n) is 3.06. The number of hydrogen-bond donors (Lipinski definition) is 1. The largest absolute Gasteiger partial charge is 0.326 e. The van der Waals surface area contributed by atoms with Crippen molar-refractivity contribution in [2.75, 3.05) is 5.32 Å². The Labute approximate surface area is 122 Å². The van der Waals surface area contributed by atoms with Crippen LogP contribution < -0.4 is 5.32 Å². The topological polar surface area (TPSA) is 29.1 Å². The molecule has 1 saturated carbocycles. The minimum Gasteiger partial charge on any atom is -0.326 e. The zero-order chi connectivity index (χ0) is 13.2. The van der Waals surface area contributed by atoms with Gasteiger partial charge in [0.05, 0.1) is 0 Å². The van der Waals surface area contributed by atoms with Crippen LogP contribution in [0.15, 0.2) is 40.9 Å². The third kappa shape index (κ3) is 2.92. The quantitative estimate of drug-likeness (QED) is 0.805. The van der Waals surface area contributed by atoms with Gasteiger partial charge in [0.2, 0.25) is 5.91 Å². The summed E-state index contributed by atoms with van der Waals surface area (Å²) in [6.45, 7) is 0. The third-order valence-corrected chi connectivity index (χ3v) is 4.69. The number of amides is 1. The van der Waals surface area contributed by atoms with Crippen molar-refractivity contribution in [1.82, 2.24) is 0 Å². The highest BCUT2D eigenvalue weighted by Crippen LogP contribution is 2.51. The average Bonchev–Trinajstić information content (AvgIpc) is 3.03. The normalized spacial score (nSPS) is 29.0. The summed E-state index contributed by atoms with van der Waals surface area (Å²) in [4.78, 5) is 12.3. The van der Waals surface area contributed by atoms with E-state index in [1.165, 1.54) is 25.7 Å². The summed E-state index contributed by atoms with van der Waals surface area (Å²) in [5, 5.41) is 3.03. The van der Waals surface area contributed by atoms with Gasteiger partial charge in [-0.25, -0.2) is 0 Å². The molecular weight excluding hydrogens is 302 g/mol. The van der Waals surface area contributed by atoms with Gasteiger partial charge in [-0.1, -0.05) is 34.5 Å². The molecule has 3 rings (SSSR count). The van der Waals surface area contributed by atoms with Crippen LogP contribution in [0, 0.1) is 17.8 Å². The van der Waals surface area contributed by atoms with E-state index >= 15 is 0 Å². The van der Waals surface area contributed by atoms with Crippen molar-refractivity contribution in [3.63, 3.8) is 0 Å². The molecule has 0 heterocycles. The summed E-state index contributed by atoms with van der Waals surface area (Å²) in [5.41, 5.74) is 0.886. The van der Waals surface area contributed by atoms with Gasteiger partial charge < -0.3 is 5.32 Å². The number of anilines is 1. The Balaban J connectivity index is 1.64. The molecule has 0 saturated heterocycles. The van der Waals surface area contributed by atoms with E-state index in [0.717, 1.165) is 10.2 Å². The Kier molecular flexibility index (Phi) is 3.74. The lowest BCUT2D eigenvalue weighted by Gasteiger charge is -2.04. The van der Waals surface area contributed by atoms with Crippen LogP contribution in [0.3, 0.4) is 0 Å². The zero-order valence-electron chi connectivity index (χ0n) is 10.8. The molecule has 0 spiro atoms. The lowest BCUT2D eigenvalue weighted by atomic mass is 10.1. The molecular formula is C16H18BrNO. The molecule has 1 amide bonds. The third-order valence-electron chi connectivity index (χ3n) is 4.16. The number of carbonyl (C=O) groups is 1. The van der Waals surface area contributed by atoms with Gasteiger partial charge in [0.25, 0.3) is 0 Å². The van der Waals surface area contributed by atoms with Crippen LogP contribution in [0.1, 0.15) is 25.7 Å². The summed E-state index contributed by atoms with van der Waals surface area (Å²) in [6.07, 6.45) is 9.41. The van der Waals surface area contributed by atoms with E-state index in [1.54, 1.807) is 0 Å². The summed E-state index contributed by atoms with van der Waals surface area (Å²) in [7, 11) is 0. The summed E-state index contributed by atoms with van der Waals surface area (Å²) >= 11 is 3.40. The van der Waals surface area contributed by atoms with E-state index in [0.29, 0.717) is 11.8 Å². The number of halogens is 1. The second-order valence-corrected chi connectivity index (χ2v) is 6.39. The Morgan fingerprint density at radius 3 is 2.79 bits per heavy atom. The first kappa shape index (κ1) is 12.9. The summed E-state index contributed by atoms with van der Waals surface area (Å²) in [6, 6.07) is 7.77. The predicted octanol–water partition coefficient (Wildman–Crippen LogP) is 4.38. The molecule has 0 unspecified atom stereocenters. The molecule has 2 nitrogen and oxygen atoms in total. The first-order valence-corrected chi connectivity index (χ1v) is 7.78. The second-order valence-electron chi connectivity index (χ2n) is 5.48. The van der Waals surface area contributed by atoms with Crippen molar-refractivity contribution < 1.29 is 4.79 Å². The van der Waals surface area contributed by atoms with Gasteiger partial charge in [-0.05, 0) is 55.4 Å². The van der Waals surface area contributed by atoms with Gasteiger partial charge in [-0.15, -0.1) is 0 Å². The molecule has 0 bridgehead atoms. The average molecular weight is 320 g/mol. The lowest BCUT2D eigenvalue weighted by Crippen LogP contribution is -2.15. The van der Waals surface area contributed by atoms with Crippen molar-refractivity contribution in [2.45, 2.75) is 25.7 Å². The number of allylic oxidation sites excluding steroid dienone is 2. The number of benzene rings is 1. The number of hydrogen-bond acceptors (Lipinski definition) is 1. The highest BCUT2D eigenvalue weighted by Gasteiger charge is 2.52. The van der Waals surface area contributed by atoms with Crippen LogP contribution in [-0.2, 0) is 4.79 Å². The predicted molar refractivity (Wildman–Crippen MR) is 80.8 cm³/mol. The standard InChI is InChI=1S/C16H18BrNO/c17-11-7-9-12(10-8-11)18-16(19)15-13-5-3-1-2-4-6-14(13)15/h3,5,7-10,13-15H,1-2,4,6H2,(H,18,19)/t13-,14-,15-/m1/s1. The maximum Gasteiger partial charge on any atom is 0.228 e. The molecule has 1 N–H and O–H groups in total. The molecule has 0 radical (unpaired) electrons. The van der Waals surface area contributed by atoms with Crippen molar-refractivity contribution in [3.05, 3.63) is 40.9 Å². The number of carbonyl (C=O) groups excluding carboxylic acids is 1. The molecule has 0 aromatic heterocycles. The Morgan fingerprint density at radius 2 is 2.00 bits per heavy atom. The molecule has 19 heavy (non-hydrogen) atoms. The molecule has 100 valence electrons. The van der Waals surface area contributed by atoms with Crippen LogP contribution in [-0.4, -0.2) is 5.91 Å². The molecule has 2 aliphatic carbocycles. The first-order valence-electron chi connectivity index (χ1n) is 6.99. The fraction of sp³-hybridized carbons (Fsp3) is 0.438. The van der Waals surface area contributed by atoms with Crippen LogP contribution in [0.25, 0.3) is 0 Å².